The molecular formula is C16H21N3O2S2. The molecule has 2 heterocycles. The van der Waals surface area contributed by atoms with E-state index < -0.39 is 0 Å². The maximum Gasteiger partial charge on any atom is 0.228 e. The number of anilines is 1. The van der Waals surface area contributed by atoms with E-state index in [-0.39, 0.29) is 24.2 Å². The quantitative estimate of drug-likeness (QED) is 0.832. The molecule has 0 atom stereocenters. The van der Waals surface area contributed by atoms with Crippen molar-refractivity contribution in [3.8, 4) is 0 Å². The molecule has 1 N–H and O–H groups in total. The van der Waals surface area contributed by atoms with Gasteiger partial charge in [-0.05, 0) is 18.4 Å². The summed E-state index contributed by atoms with van der Waals surface area (Å²) in [6.45, 7) is 6.93. The first-order chi connectivity index (χ1) is 11.0. The van der Waals surface area contributed by atoms with Gasteiger partial charge in [0, 0.05) is 22.7 Å². The molecule has 0 bridgehead atoms. The zero-order chi connectivity index (χ0) is 16.8. The van der Waals surface area contributed by atoms with E-state index in [4.69, 9.17) is 0 Å². The molecule has 5 nitrogen and oxygen atoms in total. The number of amides is 2. The van der Waals surface area contributed by atoms with E-state index in [0.717, 1.165) is 0 Å². The lowest BCUT2D eigenvalue weighted by Gasteiger charge is -2.19. The topological polar surface area (TPSA) is 62.3 Å². The Bertz CT molecular complexity index is 650. The first-order valence-electron chi connectivity index (χ1n) is 7.55. The van der Waals surface area contributed by atoms with Crippen LogP contribution >= 0.6 is 22.7 Å². The van der Waals surface area contributed by atoms with E-state index in [9.17, 15) is 9.59 Å². The summed E-state index contributed by atoms with van der Waals surface area (Å²) < 4.78 is 0. The molecule has 0 radical (unpaired) electrons. The predicted molar refractivity (Wildman–Crippen MR) is 94.7 cm³/mol. The molecule has 0 aliphatic heterocycles. The molecule has 124 valence electrons. The molecule has 2 aromatic heterocycles. The van der Waals surface area contributed by atoms with Crippen molar-refractivity contribution in [1.82, 2.24) is 9.88 Å². The number of hydrogen-bond acceptors (Lipinski definition) is 5. The third-order valence-electron chi connectivity index (χ3n) is 3.30. The maximum atomic E-state index is 12.4. The first kappa shape index (κ1) is 17.6. The largest absolute Gasteiger partial charge is 0.337 e. The van der Waals surface area contributed by atoms with Crippen LogP contribution < -0.4 is 5.32 Å². The molecule has 0 aliphatic rings. The minimum absolute atomic E-state index is 0.0490. The molecule has 2 aromatic rings. The average Bonchev–Trinajstić information content (AvgIpc) is 3.16. The second-order valence-electron chi connectivity index (χ2n) is 5.45. The van der Waals surface area contributed by atoms with Gasteiger partial charge >= 0.3 is 0 Å². The Kier molecular flexibility index (Phi) is 6.29. The number of aromatic nitrogens is 1. The van der Waals surface area contributed by atoms with Crippen LogP contribution in [0.2, 0.25) is 0 Å². The van der Waals surface area contributed by atoms with Gasteiger partial charge in [0.05, 0.1) is 18.7 Å². The van der Waals surface area contributed by atoms with Gasteiger partial charge in [0.1, 0.15) is 0 Å². The van der Waals surface area contributed by atoms with Crippen molar-refractivity contribution in [2.45, 2.75) is 33.7 Å². The molecular weight excluding hydrogens is 330 g/mol. The third-order valence-corrected chi connectivity index (χ3v) is 4.97. The summed E-state index contributed by atoms with van der Waals surface area (Å²) in [6.07, 6.45) is 0.257. The Hall–Kier alpha value is -1.73. The van der Waals surface area contributed by atoms with Crippen molar-refractivity contribution in [1.29, 1.82) is 0 Å². The van der Waals surface area contributed by atoms with E-state index in [1.165, 1.54) is 16.2 Å². The van der Waals surface area contributed by atoms with E-state index in [0.29, 0.717) is 23.9 Å². The highest BCUT2D eigenvalue weighted by molar-refractivity contribution is 7.14. The van der Waals surface area contributed by atoms with Crippen molar-refractivity contribution in [3.05, 3.63) is 33.5 Å². The highest BCUT2D eigenvalue weighted by Gasteiger charge is 2.16. The van der Waals surface area contributed by atoms with Gasteiger partial charge in [-0.2, -0.15) is 0 Å². The SMILES string of the molecule is CCN(Cc1cccs1)C(=O)Cc1csc(NC(=O)C(C)C)n1. The fourth-order valence-electron chi connectivity index (χ4n) is 1.93. The molecule has 2 rings (SSSR count). The lowest BCUT2D eigenvalue weighted by molar-refractivity contribution is -0.130. The van der Waals surface area contributed by atoms with Crippen LogP contribution in [0.25, 0.3) is 0 Å². The fraction of sp³-hybridized carbons (Fsp3) is 0.438. The Morgan fingerprint density at radius 3 is 2.74 bits per heavy atom. The monoisotopic (exact) mass is 351 g/mol. The van der Waals surface area contributed by atoms with E-state index in [1.54, 1.807) is 11.3 Å². The zero-order valence-corrected chi connectivity index (χ0v) is 15.2. The fourth-order valence-corrected chi connectivity index (χ4v) is 3.36. The summed E-state index contributed by atoms with van der Waals surface area (Å²) in [4.78, 5) is 31.4. The van der Waals surface area contributed by atoms with Gasteiger partial charge in [-0.25, -0.2) is 4.98 Å². The van der Waals surface area contributed by atoms with Gasteiger partial charge in [-0.15, -0.1) is 22.7 Å². The van der Waals surface area contributed by atoms with Crippen molar-refractivity contribution in [3.63, 3.8) is 0 Å². The molecule has 0 aliphatic carbocycles. The van der Waals surface area contributed by atoms with Crippen LogP contribution in [-0.4, -0.2) is 28.2 Å². The van der Waals surface area contributed by atoms with E-state index in [1.807, 2.05) is 48.6 Å². The molecule has 0 aromatic carbocycles. The standard InChI is InChI=1S/C16H21N3O2S2/c1-4-19(9-13-6-5-7-22-13)14(20)8-12-10-23-16(17-12)18-15(21)11(2)3/h5-7,10-11H,4,8-9H2,1-3H3,(H,17,18,21). The number of likely N-dealkylation sites (N-methyl/N-ethyl adjacent to an activating group) is 1. The summed E-state index contributed by atoms with van der Waals surface area (Å²) in [5.74, 6) is -0.108. The van der Waals surface area contributed by atoms with Crippen molar-refractivity contribution in [2.24, 2.45) is 5.92 Å². The van der Waals surface area contributed by atoms with Crippen LogP contribution in [0, 0.1) is 5.92 Å². The first-order valence-corrected chi connectivity index (χ1v) is 9.31. The number of carbonyl (C=O) groups is 2. The summed E-state index contributed by atoms with van der Waals surface area (Å²) in [5, 5.41) is 7.15. The molecule has 23 heavy (non-hydrogen) atoms. The number of nitrogens with one attached hydrogen (secondary N) is 1. The minimum Gasteiger partial charge on any atom is -0.337 e. The Labute approximate surface area is 144 Å². The van der Waals surface area contributed by atoms with Gasteiger partial charge in [-0.3, -0.25) is 9.59 Å². The number of hydrogen-bond donors (Lipinski definition) is 1. The number of thiophene rings is 1. The maximum absolute atomic E-state index is 12.4. The summed E-state index contributed by atoms with van der Waals surface area (Å²) in [6, 6.07) is 4.02. The van der Waals surface area contributed by atoms with E-state index in [2.05, 4.69) is 10.3 Å². The van der Waals surface area contributed by atoms with Crippen molar-refractivity contribution < 1.29 is 9.59 Å². The second-order valence-corrected chi connectivity index (χ2v) is 7.34. The predicted octanol–water partition coefficient (Wildman–Crippen LogP) is 3.39. The highest BCUT2D eigenvalue weighted by atomic mass is 32.1. The average molecular weight is 351 g/mol. The zero-order valence-electron chi connectivity index (χ0n) is 13.5. The third kappa shape index (κ3) is 5.14. The number of nitrogens with zero attached hydrogens (tertiary/aromatic N) is 2. The molecule has 0 spiro atoms. The van der Waals surface area contributed by atoms with E-state index >= 15 is 0 Å². The number of thiazole rings is 1. The number of rotatable bonds is 7. The number of carbonyl (C=O) groups excluding carboxylic acids is 2. The summed E-state index contributed by atoms with van der Waals surface area (Å²) in [7, 11) is 0. The van der Waals surface area contributed by atoms with Gasteiger partial charge in [0.2, 0.25) is 11.8 Å². The molecule has 0 fully saturated rings. The summed E-state index contributed by atoms with van der Waals surface area (Å²) in [5.41, 5.74) is 0.698. The van der Waals surface area contributed by atoms with Crippen molar-refractivity contribution in [2.75, 3.05) is 11.9 Å². The van der Waals surface area contributed by atoms with Crippen LogP contribution in [0.3, 0.4) is 0 Å². The van der Waals surface area contributed by atoms with Crippen LogP contribution in [0.5, 0.6) is 0 Å². The van der Waals surface area contributed by atoms with Gasteiger partial charge in [0.25, 0.3) is 0 Å². The lowest BCUT2D eigenvalue weighted by atomic mass is 10.2. The summed E-state index contributed by atoms with van der Waals surface area (Å²) >= 11 is 3.00. The lowest BCUT2D eigenvalue weighted by Crippen LogP contribution is -2.31. The van der Waals surface area contributed by atoms with Crippen LogP contribution in [-0.2, 0) is 22.6 Å². The van der Waals surface area contributed by atoms with Gasteiger partial charge in [-0.1, -0.05) is 19.9 Å². The minimum atomic E-state index is -0.0923. The second kappa shape index (κ2) is 8.21. The molecule has 0 unspecified atom stereocenters. The van der Waals surface area contributed by atoms with Crippen LogP contribution in [0.15, 0.2) is 22.9 Å². The molecule has 0 saturated heterocycles. The van der Waals surface area contributed by atoms with Crippen LogP contribution in [0.4, 0.5) is 5.13 Å². The molecule has 0 saturated carbocycles. The Morgan fingerprint density at radius 2 is 2.13 bits per heavy atom. The normalized spacial score (nSPS) is 10.8. The molecule has 7 heteroatoms. The van der Waals surface area contributed by atoms with Gasteiger partial charge < -0.3 is 10.2 Å². The molecule has 2 amide bonds. The van der Waals surface area contributed by atoms with Gasteiger partial charge in [0.15, 0.2) is 5.13 Å². The Morgan fingerprint density at radius 1 is 1.35 bits per heavy atom. The van der Waals surface area contributed by atoms with Crippen LogP contribution in [0.1, 0.15) is 31.3 Å². The highest BCUT2D eigenvalue weighted by Crippen LogP contribution is 2.18. The smallest absolute Gasteiger partial charge is 0.228 e. The van der Waals surface area contributed by atoms with Crippen molar-refractivity contribution >= 4 is 39.6 Å². The Balaban J connectivity index is 1.94.